The number of hydrogen-bond donors (Lipinski definition) is 0. The predicted molar refractivity (Wildman–Crippen MR) is 115 cm³/mol. The SMILES string of the molecule is CN(Cc1ccc2c(c1)OCO2)C(=O)/C(=C/c1ccco1)n1nnnc1-c1ccccc1. The summed E-state index contributed by atoms with van der Waals surface area (Å²) in [6, 6.07) is 18.6. The Bertz CT molecular complexity index is 1260. The Labute approximate surface area is 183 Å². The summed E-state index contributed by atoms with van der Waals surface area (Å²) in [6.45, 7) is 0.554. The second-order valence-electron chi connectivity index (χ2n) is 7.17. The molecular formula is C23H19N5O4. The summed E-state index contributed by atoms with van der Waals surface area (Å²) in [7, 11) is 1.72. The highest BCUT2D eigenvalue weighted by Gasteiger charge is 2.23. The molecule has 2 aromatic carbocycles. The number of furan rings is 1. The Morgan fingerprint density at radius 1 is 1.09 bits per heavy atom. The molecule has 0 saturated carbocycles. The zero-order valence-electron chi connectivity index (χ0n) is 17.2. The minimum Gasteiger partial charge on any atom is -0.465 e. The number of likely N-dealkylation sites (N-methyl/N-ethyl adjacent to an activating group) is 1. The summed E-state index contributed by atoms with van der Waals surface area (Å²) in [4.78, 5) is 15.1. The molecule has 1 aliphatic heterocycles. The lowest BCUT2D eigenvalue weighted by molar-refractivity contribution is -0.124. The van der Waals surface area contributed by atoms with Crippen LogP contribution in [0.4, 0.5) is 0 Å². The first-order valence-electron chi connectivity index (χ1n) is 9.92. The van der Waals surface area contributed by atoms with Crippen molar-refractivity contribution in [1.82, 2.24) is 25.1 Å². The number of carbonyl (C=O) groups is 1. The van der Waals surface area contributed by atoms with Crippen molar-refractivity contribution in [2.75, 3.05) is 13.8 Å². The van der Waals surface area contributed by atoms with Gasteiger partial charge in [-0.25, -0.2) is 0 Å². The molecule has 4 aromatic rings. The van der Waals surface area contributed by atoms with E-state index in [-0.39, 0.29) is 18.4 Å². The number of ether oxygens (including phenoxy) is 2. The molecule has 9 nitrogen and oxygen atoms in total. The Balaban J connectivity index is 1.48. The molecule has 0 atom stereocenters. The predicted octanol–water partition coefficient (Wildman–Crippen LogP) is 3.32. The van der Waals surface area contributed by atoms with Gasteiger partial charge in [-0.2, -0.15) is 4.68 Å². The first-order chi connectivity index (χ1) is 15.7. The van der Waals surface area contributed by atoms with E-state index in [9.17, 15) is 4.79 Å². The van der Waals surface area contributed by atoms with E-state index in [1.54, 1.807) is 36.4 Å². The number of benzene rings is 2. The van der Waals surface area contributed by atoms with Crippen LogP contribution in [-0.4, -0.2) is 44.9 Å². The van der Waals surface area contributed by atoms with E-state index in [0.717, 1.165) is 11.1 Å². The Morgan fingerprint density at radius 3 is 2.75 bits per heavy atom. The van der Waals surface area contributed by atoms with Crippen molar-refractivity contribution in [3.63, 3.8) is 0 Å². The van der Waals surface area contributed by atoms with E-state index in [1.165, 1.54) is 4.68 Å². The number of fused-ring (bicyclic) bond motifs is 1. The molecule has 0 aliphatic carbocycles. The van der Waals surface area contributed by atoms with Crippen LogP contribution in [0.5, 0.6) is 11.5 Å². The molecule has 0 bridgehead atoms. The average molecular weight is 429 g/mol. The highest BCUT2D eigenvalue weighted by molar-refractivity contribution is 6.18. The van der Waals surface area contributed by atoms with Crippen molar-refractivity contribution >= 4 is 17.7 Å². The molecule has 0 spiro atoms. The molecule has 0 fully saturated rings. The molecule has 32 heavy (non-hydrogen) atoms. The molecule has 1 amide bonds. The van der Waals surface area contributed by atoms with Crippen LogP contribution in [0.15, 0.2) is 71.3 Å². The van der Waals surface area contributed by atoms with Crippen LogP contribution in [-0.2, 0) is 11.3 Å². The van der Waals surface area contributed by atoms with Crippen molar-refractivity contribution in [2.45, 2.75) is 6.54 Å². The van der Waals surface area contributed by atoms with E-state index in [1.807, 2.05) is 48.5 Å². The van der Waals surface area contributed by atoms with Gasteiger partial charge in [-0.15, -0.1) is 5.10 Å². The van der Waals surface area contributed by atoms with E-state index < -0.39 is 0 Å². The van der Waals surface area contributed by atoms with E-state index in [2.05, 4.69) is 15.5 Å². The molecule has 9 heteroatoms. The molecule has 3 heterocycles. The number of tetrazole rings is 1. The molecule has 0 unspecified atom stereocenters. The fraction of sp³-hybridized carbons (Fsp3) is 0.130. The summed E-state index contributed by atoms with van der Waals surface area (Å²) in [5, 5.41) is 12.0. The minimum absolute atomic E-state index is 0.200. The van der Waals surface area contributed by atoms with Gasteiger partial charge in [0.2, 0.25) is 6.79 Å². The highest BCUT2D eigenvalue weighted by Crippen LogP contribution is 2.33. The van der Waals surface area contributed by atoms with Crippen molar-refractivity contribution in [2.24, 2.45) is 0 Å². The normalized spacial score (nSPS) is 12.7. The first-order valence-corrected chi connectivity index (χ1v) is 9.92. The van der Waals surface area contributed by atoms with Gasteiger partial charge in [0.25, 0.3) is 5.91 Å². The van der Waals surface area contributed by atoms with Crippen LogP contribution in [0.1, 0.15) is 11.3 Å². The van der Waals surface area contributed by atoms with Crippen LogP contribution in [0, 0.1) is 0 Å². The summed E-state index contributed by atoms with van der Waals surface area (Å²) in [6.07, 6.45) is 3.17. The molecule has 0 saturated heterocycles. The highest BCUT2D eigenvalue weighted by atomic mass is 16.7. The number of amides is 1. The lowest BCUT2D eigenvalue weighted by atomic mass is 10.1. The van der Waals surface area contributed by atoms with Crippen molar-refractivity contribution in [1.29, 1.82) is 0 Å². The van der Waals surface area contributed by atoms with Crippen LogP contribution in [0.25, 0.3) is 23.2 Å². The fourth-order valence-electron chi connectivity index (χ4n) is 3.42. The molecule has 0 radical (unpaired) electrons. The maximum Gasteiger partial charge on any atom is 0.272 e. The van der Waals surface area contributed by atoms with Gasteiger partial charge in [0.15, 0.2) is 17.3 Å². The third-order valence-electron chi connectivity index (χ3n) is 4.97. The number of aromatic nitrogens is 4. The van der Waals surface area contributed by atoms with E-state index in [0.29, 0.717) is 29.6 Å². The summed E-state index contributed by atoms with van der Waals surface area (Å²) < 4.78 is 17.7. The van der Waals surface area contributed by atoms with Crippen LogP contribution in [0.2, 0.25) is 0 Å². The standard InChI is InChI=1S/C23H19N5O4/c1-27(14-16-9-10-20-21(12-16)32-15-31-20)23(29)19(13-18-8-5-11-30-18)28-22(24-25-26-28)17-6-3-2-4-7-17/h2-13H,14-15H2,1H3/b19-13-. The van der Waals surface area contributed by atoms with Gasteiger partial charge in [0, 0.05) is 25.2 Å². The zero-order valence-corrected chi connectivity index (χ0v) is 17.2. The maximum atomic E-state index is 13.5. The molecule has 5 rings (SSSR count). The van der Waals surface area contributed by atoms with Crippen LogP contribution in [0.3, 0.4) is 0 Å². The van der Waals surface area contributed by atoms with E-state index >= 15 is 0 Å². The number of nitrogens with zero attached hydrogens (tertiary/aromatic N) is 5. The second-order valence-corrected chi connectivity index (χ2v) is 7.17. The number of rotatable bonds is 6. The average Bonchev–Trinajstić information content (AvgIpc) is 3.59. The fourth-order valence-corrected chi connectivity index (χ4v) is 3.42. The lowest BCUT2D eigenvalue weighted by Crippen LogP contribution is -2.29. The van der Waals surface area contributed by atoms with E-state index in [4.69, 9.17) is 13.9 Å². The Hall–Kier alpha value is -4.40. The van der Waals surface area contributed by atoms with Crippen molar-refractivity contribution in [3.8, 4) is 22.9 Å². The van der Waals surface area contributed by atoms with Gasteiger partial charge < -0.3 is 18.8 Å². The van der Waals surface area contributed by atoms with Gasteiger partial charge in [-0.1, -0.05) is 36.4 Å². The molecule has 2 aromatic heterocycles. The van der Waals surface area contributed by atoms with Crippen molar-refractivity contribution < 1.29 is 18.7 Å². The topological polar surface area (TPSA) is 95.5 Å². The van der Waals surface area contributed by atoms with Gasteiger partial charge in [-0.05, 0) is 40.3 Å². The number of carbonyl (C=O) groups excluding carboxylic acids is 1. The first kappa shape index (κ1) is 19.6. The second kappa shape index (κ2) is 8.38. The summed E-state index contributed by atoms with van der Waals surface area (Å²) in [5.41, 5.74) is 1.95. The Kier molecular flexibility index (Phi) is 5.12. The smallest absolute Gasteiger partial charge is 0.272 e. The third kappa shape index (κ3) is 3.83. The van der Waals surface area contributed by atoms with Gasteiger partial charge in [0.1, 0.15) is 11.5 Å². The number of hydrogen-bond acceptors (Lipinski definition) is 7. The summed E-state index contributed by atoms with van der Waals surface area (Å²) in [5.74, 6) is 2.06. The van der Waals surface area contributed by atoms with Gasteiger partial charge >= 0.3 is 0 Å². The maximum absolute atomic E-state index is 13.5. The molecule has 0 N–H and O–H groups in total. The third-order valence-corrected chi connectivity index (χ3v) is 4.97. The van der Waals surface area contributed by atoms with Gasteiger partial charge in [0.05, 0.1) is 6.26 Å². The molecule has 1 aliphatic rings. The van der Waals surface area contributed by atoms with Gasteiger partial charge in [-0.3, -0.25) is 4.79 Å². The zero-order chi connectivity index (χ0) is 21.9. The van der Waals surface area contributed by atoms with Crippen LogP contribution >= 0.6 is 0 Å². The molecular weight excluding hydrogens is 410 g/mol. The van der Waals surface area contributed by atoms with Crippen LogP contribution < -0.4 is 9.47 Å². The Morgan fingerprint density at radius 2 is 1.94 bits per heavy atom. The quantitative estimate of drug-likeness (QED) is 0.434. The molecule has 160 valence electrons. The largest absolute Gasteiger partial charge is 0.465 e. The minimum atomic E-state index is -0.274. The monoisotopic (exact) mass is 429 g/mol. The van der Waals surface area contributed by atoms with Crippen molar-refractivity contribution in [3.05, 3.63) is 78.3 Å². The summed E-state index contributed by atoms with van der Waals surface area (Å²) >= 11 is 0. The lowest BCUT2D eigenvalue weighted by Gasteiger charge is -2.19.